The number of aromatic nitrogens is 4. The van der Waals surface area contributed by atoms with E-state index in [2.05, 4.69) is 15.0 Å². The number of carbonyl (C=O) groups is 1. The van der Waals surface area contributed by atoms with Gasteiger partial charge in [-0.1, -0.05) is 11.6 Å². The van der Waals surface area contributed by atoms with Crippen LogP contribution in [0.2, 0.25) is 5.02 Å². The minimum Gasteiger partial charge on any atom is -0.340 e. The zero-order chi connectivity index (χ0) is 16.2. The van der Waals surface area contributed by atoms with E-state index in [1.165, 1.54) is 0 Å². The number of piperazine rings is 1. The number of carbonyl (C=O) groups excluding carboxylic acids is 1. The number of nitrogens with zero attached hydrogens (tertiary/aromatic N) is 6. The summed E-state index contributed by atoms with van der Waals surface area (Å²) >= 11 is 5.82. The molecule has 1 saturated heterocycles. The van der Waals surface area contributed by atoms with Crippen molar-refractivity contribution in [2.75, 3.05) is 26.2 Å². The molecule has 0 atom stereocenters. The van der Waals surface area contributed by atoms with Gasteiger partial charge in [0.25, 0.3) is 0 Å². The molecule has 3 heterocycles. The van der Waals surface area contributed by atoms with E-state index < -0.39 is 0 Å². The van der Waals surface area contributed by atoms with Gasteiger partial charge in [-0.3, -0.25) is 14.4 Å². The molecule has 0 aliphatic carbocycles. The van der Waals surface area contributed by atoms with Crippen LogP contribution in [0.15, 0.2) is 24.8 Å². The Morgan fingerprint density at radius 3 is 2.70 bits per heavy atom. The second-order valence-electron chi connectivity index (χ2n) is 5.78. The molecule has 1 fully saturated rings. The lowest BCUT2D eigenvalue weighted by Crippen LogP contribution is -2.48. The van der Waals surface area contributed by atoms with E-state index in [1.54, 1.807) is 17.1 Å². The van der Waals surface area contributed by atoms with Crippen LogP contribution in [0.5, 0.6) is 0 Å². The number of halogens is 1. The highest BCUT2D eigenvalue weighted by Gasteiger charge is 2.21. The van der Waals surface area contributed by atoms with Gasteiger partial charge in [0.05, 0.1) is 17.8 Å². The normalized spacial score (nSPS) is 16.0. The molecular weight excluding hydrogens is 316 g/mol. The molecule has 2 aromatic rings. The summed E-state index contributed by atoms with van der Waals surface area (Å²) in [6.07, 6.45) is 7.55. The third-order valence-corrected chi connectivity index (χ3v) is 4.36. The first kappa shape index (κ1) is 16.0. The van der Waals surface area contributed by atoms with E-state index in [1.807, 2.05) is 28.9 Å². The van der Waals surface area contributed by atoms with Gasteiger partial charge in [-0.15, -0.1) is 0 Å². The Morgan fingerprint density at radius 1 is 1.30 bits per heavy atom. The number of hydrogen-bond donors (Lipinski definition) is 0. The summed E-state index contributed by atoms with van der Waals surface area (Å²) in [5.74, 6) is 1.23. The van der Waals surface area contributed by atoms with Gasteiger partial charge in [0.1, 0.15) is 5.82 Å². The molecule has 124 valence electrons. The van der Waals surface area contributed by atoms with Crippen LogP contribution in [0.3, 0.4) is 0 Å². The summed E-state index contributed by atoms with van der Waals surface area (Å²) in [4.78, 5) is 20.9. The smallest absolute Gasteiger partial charge is 0.224 e. The van der Waals surface area contributed by atoms with Crippen molar-refractivity contribution in [2.45, 2.75) is 19.5 Å². The maximum Gasteiger partial charge on any atom is 0.224 e. The minimum absolute atomic E-state index is 0.174. The molecule has 2 aromatic heterocycles. The van der Waals surface area contributed by atoms with Gasteiger partial charge < -0.3 is 9.47 Å². The van der Waals surface area contributed by atoms with Gasteiger partial charge in [-0.05, 0) is 0 Å². The first-order valence-corrected chi connectivity index (χ1v) is 8.14. The van der Waals surface area contributed by atoms with Crippen LogP contribution in [0.4, 0.5) is 0 Å². The van der Waals surface area contributed by atoms with Crippen LogP contribution in [0.25, 0.3) is 0 Å². The molecule has 1 amide bonds. The highest BCUT2D eigenvalue weighted by atomic mass is 35.5. The first-order chi connectivity index (χ1) is 11.1. The average molecular weight is 337 g/mol. The number of rotatable bonds is 5. The summed E-state index contributed by atoms with van der Waals surface area (Å²) in [5, 5.41) is 4.69. The van der Waals surface area contributed by atoms with Gasteiger partial charge in [-0.25, -0.2) is 4.98 Å². The molecule has 8 heteroatoms. The van der Waals surface area contributed by atoms with E-state index >= 15 is 0 Å². The molecule has 0 radical (unpaired) electrons. The Hall–Kier alpha value is -1.86. The lowest BCUT2D eigenvalue weighted by molar-refractivity contribution is -0.133. The molecular formula is C15H21ClN6O. The van der Waals surface area contributed by atoms with Crippen molar-refractivity contribution >= 4 is 17.5 Å². The monoisotopic (exact) mass is 336 g/mol. The van der Waals surface area contributed by atoms with Crippen LogP contribution >= 0.6 is 11.6 Å². The number of aryl methyl sites for hydroxylation is 2. The maximum atomic E-state index is 12.3. The number of imidazole rings is 1. The first-order valence-electron chi connectivity index (χ1n) is 7.76. The highest BCUT2D eigenvalue weighted by molar-refractivity contribution is 6.30. The van der Waals surface area contributed by atoms with Crippen molar-refractivity contribution in [2.24, 2.45) is 7.05 Å². The van der Waals surface area contributed by atoms with Gasteiger partial charge >= 0.3 is 0 Å². The van der Waals surface area contributed by atoms with Crippen molar-refractivity contribution < 1.29 is 4.79 Å². The Labute approximate surface area is 140 Å². The predicted molar refractivity (Wildman–Crippen MR) is 86.9 cm³/mol. The van der Waals surface area contributed by atoms with Crippen molar-refractivity contribution in [3.05, 3.63) is 35.6 Å². The SMILES string of the molecule is Cn1ccnc1CN1CCN(C(=O)CCn2cc(Cl)cn2)CC1. The summed E-state index contributed by atoms with van der Waals surface area (Å²) in [6, 6.07) is 0. The molecule has 0 unspecified atom stereocenters. The molecule has 1 aliphatic heterocycles. The Bertz CT molecular complexity index is 658. The lowest BCUT2D eigenvalue weighted by atomic mass is 10.2. The lowest BCUT2D eigenvalue weighted by Gasteiger charge is -2.34. The van der Waals surface area contributed by atoms with Crippen molar-refractivity contribution in [1.29, 1.82) is 0 Å². The van der Waals surface area contributed by atoms with E-state index in [-0.39, 0.29) is 5.91 Å². The van der Waals surface area contributed by atoms with Crippen LogP contribution < -0.4 is 0 Å². The molecule has 0 saturated carbocycles. The summed E-state index contributed by atoms with van der Waals surface area (Å²) in [6.45, 7) is 4.70. The van der Waals surface area contributed by atoms with Crippen LogP contribution in [-0.4, -0.2) is 61.2 Å². The summed E-state index contributed by atoms with van der Waals surface area (Å²) < 4.78 is 3.74. The molecule has 7 nitrogen and oxygen atoms in total. The molecule has 0 spiro atoms. The largest absolute Gasteiger partial charge is 0.340 e. The maximum absolute atomic E-state index is 12.3. The van der Waals surface area contributed by atoms with E-state index in [0.29, 0.717) is 18.0 Å². The molecule has 0 bridgehead atoms. The fraction of sp³-hybridized carbons (Fsp3) is 0.533. The van der Waals surface area contributed by atoms with Gasteiger partial charge in [0.15, 0.2) is 0 Å². The second kappa shape index (κ2) is 7.14. The fourth-order valence-electron chi connectivity index (χ4n) is 2.73. The summed E-state index contributed by atoms with van der Waals surface area (Å²) in [7, 11) is 2.00. The molecule has 23 heavy (non-hydrogen) atoms. The van der Waals surface area contributed by atoms with Gasteiger partial charge in [0.2, 0.25) is 5.91 Å². The standard InChI is InChI=1S/C15H21ClN6O/c1-19-5-3-17-14(19)12-20-6-8-21(9-7-20)15(23)2-4-22-11-13(16)10-18-22/h3,5,10-11H,2,4,6-9,12H2,1H3. The van der Waals surface area contributed by atoms with Crippen LogP contribution in [-0.2, 0) is 24.9 Å². The van der Waals surface area contributed by atoms with Crippen LogP contribution in [0.1, 0.15) is 12.2 Å². The third-order valence-electron chi connectivity index (χ3n) is 4.17. The van der Waals surface area contributed by atoms with Crippen LogP contribution in [0, 0.1) is 0 Å². The Balaban J connectivity index is 1.43. The third kappa shape index (κ3) is 4.11. The number of amides is 1. The van der Waals surface area contributed by atoms with E-state index in [9.17, 15) is 4.79 Å². The van der Waals surface area contributed by atoms with E-state index in [4.69, 9.17) is 11.6 Å². The molecule has 1 aliphatic rings. The Kier molecular flexibility index (Phi) is 4.97. The van der Waals surface area contributed by atoms with Gasteiger partial charge in [0, 0.05) is 64.8 Å². The number of hydrogen-bond acceptors (Lipinski definition) is 4. The highest BCUT2D eigenvalue weighted by Crippen LogP contribution is 2.09. The van der Waals surface area contributed by atoms with Crippen molar-refractivity contribution in [1.82, 2.24) is 29.1 Å². The fourth-order valence-corrected chi connectivity index (χ4v) is 2.89. The van der Waals surface area contributed by atoms with Crippen molar-refractivity contribution in [3.63, 3.8) is 0 Å². The molecule has 0 aromatic carbocycles. The average Bonchev–Trinajstić information content (AvgIpc) is 3.14. The van der Waals surface area contributed by atoms with E-state index in [0.717, 1.165) is 38.5 Å². The molecule has 0 N–H and O–H groups in total. The molecule has 3 rings (SSSR count). The zero-order valence-corrected chi connectivity index (χ0v) is 14.0. The quantitative estimate of drug-likeness (QED) is 0.817. The van der Waals surface area contributed by atoms with Gasteiger partial charge in [-0.2, -0.15) is 5.10 Å². The second-order valence-corrected chi connectivity index (χ2v) is 6.22. The predicted octanol–water partition coefficient (Wildman–Crippen LogP) is 1.00. The minimum atomic E-state index is 0.174. The summed E-state index contributed by atoms with van der Waals surface area (Å²) in [5.41, 5.74) is 0. The topological polar surface area (TPSA) is 59.2 Å². The Morgan fingerprint density at radius 2 is 2.09 bits per heavy atom. The zero-order valence-electron chi connectivity index (χ0n) is 13.2. The van der Waals surface area contributed by atoms with Crippen molar-refractivity contribution in [3.8, 4) is 0 Å².